The molecule has 4 heterocycles. The number of fused-ring (bicyclic) bond motifs is 2. The van der Waals surface area contributed by atoms with Gasteiger partial charge in [0.15, 0.2) is 17.7 Å². The number of primary amides is 1. The molecule has 0 radical (unpaired) electrons. The smallest absolute Gasteiger partial charge is 0.303 e. The van der Waals surface area contributed by atoms with E-state index >= 15 is 0 Å². The highest BCUT2D eigenvalue weighted by atomic mass is 32.1. The maximum Gasteiger partial charge on any atom is 0.303 e. The predicted octanol–water partition coefficient (Wildman–Crippen LogP) is 2.03. The molecule has 2 fully saturated rings. The SMILES string of the molecule is CC(=O)OC(C(=O)Nc1ccc2c(N3C(=O)c4ccccc4C3=O)nsc2c1C(N)=O)C1OCCN(c2ccn(C3CC3)n2)C1=O. The predicted molar refractivity (Wildman–Crippen MR) is 162 cm³/mol. The van der Waals surface area contributed by atoms with Gasteiger partial charge >= 0.3 is 5.97 Å². The van der Waals surface area contributed by atoms with Gasteiger partial charge < -0.3 is 20.5 Å². The molecular formula is C30H25N7O8S. The average Bonchev–Trinajstić information content (AvgIpc) is 3.52. The first kappa shape index (κ1) is 29.2. The third kappa shape index (κ3) is 4.87. The Balaban J connectivity index is 1.18. The van der Waals surface area contributed by atoms with Crippen LogP contribution in [0.3, 0.4) is 0 Å². The molecule has 3 N–H and O–H groups in total. The van der Waals surface area contributed by atoms with Crippen LogP contribution in [-0.2, 0) is 23.9 Å². The van der Waals surface area contributed by atoms with Crippen molar-refractivity contribution >= 4 is 74.4 Å². The van der Waals surface area contributed by atoms with E-state index in [1.807, 2.05) is 0 Å². The Hall–Kier alpha value is -5.48. The molecule has 4 aromatic rings. The first-order valence-corrected chi connectivity index (χ1v) is 15.1. The molecule has 2 aliphatic heterocycles. The quantitative estimate of drug-likeness (QED) is 0.212. The standard InChI is InChI=1S/C30H25N7O8S/c1-14(38)45-22(23-30(43)35(12-13-44-23)20-10-11-36(33-20)15-6-7-15)27(40)32-19-9-8-18-24(21(19)25(31)39)46-34-26(18)37-28(41)16-4-2-3-5-17(16)29(37)42/h2-5,8-11,15,22-23H,6-7,12-13H2,1H3,(H2,31,39)(H,32,40). The van der Waals surface area contributed by atoms with Crippen molar-refractivity contribution in [2.24, 2.45) is 5.73 Å². The number of aromatic nitrogens is 3. The Morgan fingerprint density at radius 1 is 1.07 bits per heavy atom. The zero-order valence-corrected chi connectivity index (χ0v) is 25.0. The topological polar surface area (TPSA) is 196 Å². The summed E-state index contributed by atoms with van der Waals surface area (Å²) in [4.78, 5) is 80.5. The fraction of sp³-hybridized carbons (Fsp3) is 0.267. The van der Waals surface area contributed by atoms with Crippen LogP contribution < -0.4 is 20.9 Å². The molecule has 7 rings (SSSR count). The third-order valence-electron chi connectivity index (χ3n) is 7.87. The highest BCUT2D eigenvalue weighted by molar-refractivity contribution is 7.14. The largest absolute Gasteiger partial charge is 0.449 e. The third-order valence-corrected chi connectivity index (χ3v) is 8.74. The van der Waals surface area contributed by atoms with Gasteiger partial charge in [0.1, 0.15) is 0 Å². The summed E-state index contributed by atoms with van der Waals surface area (Å²) in [7, 11) is 0. The van der Waals surface area contributed by atoms with Gasteiger partial charge in [-0.3, -0.25) is 38.3 Å². The minimum absolute atomic E-state index is 0.00906. The maximum atomic E-state index is 13.7. The lowest BCUT2D eigenvalue weighted by atomic mass is 10.1. The number of amides is 5. The van der Waals surface area contributed by atoms with Gasteiger partial charge in [-0.2, -0.15) is 9.47 Å². The van der Waals surface area contributed by atoms with Gasteiger partial charge in [0.2, 0.25) is 6.10 Å². The molecule has 0 spiro atoms. The van der Waals surface area contributed by atoms with Crippen LogP contribution in [-0.4, -0.2) is 75.0 Å². The van der Waals surface area contributed by atoms with Crippen LogP contribution in [0, 0.1) is 0 Å². The van der Waals surface area contributed by atoms with E-state index in [9.17, 15) is 28.8 Å². The maximum absolute atomic E-state index is 13.7. The van der Waals surface area contributed by atoms with Crippen molar-refractivity contribution in [1.82, 2.24) is 14.2 Å². The number of rotatable bonds is 8. The molecule has 15 nitrogen and oxygen atoms in total. The van der Waals surface area contributed by atoms with Crippen molar-refractivity contribution in [3.05, 3.63) is 65.4 Å². The molecule has 1 saturated heterocycles. The first-order chi connectivity index (χ1) is 22.1. The Morgan fingerprint density at radius 3 is 2.43 bits per heavy atom. The van der Waals surface area contributed by atoms with Crippen molar-refractivity contribution in [2.75, 3.05) is 28.3 Å². The fourth-order valence-electron chi connectivity index (χ4n) is 5.58. The number of benzene rings is 2. The number of hydrogen-bond acceptors (Lipinski definition) is 11. The van der Waals surface area contributed by atoms with Crippen LogP contribution >= 0.6 is 11.5 Å². The van der Waals surface area contributed by atoms with E-state index in [4.69, 9.17) is 15.2 Å². The Bertz CT molecular complexity index is 1950. The second kappa shape index (κ2) is 11.1. The number of morpholine rings is 1. The lowest BCUT2D eigenvalue weighted by molar-refractivity contribution is -0.167. The van der Waals surface area contributed by atoms with Crippen LogP contribution in [0.5, 0.6) is 0 Å². The molecule has 2 unspecified atom stereocenters. The summed E-state index contributed by atoms with van der Waals surface area (Å²) >= 11 is 0.806. The molecule has 2 aromatic heterocycles. The summed E-state index contributed by atoms with van der Waals surface area (Å²) in [6, 6.07) is 11.2. The van der Waals surface area contributed by atoms with E-state index in [0.717, 1.165) is 36.2 Å². The van der Waals surface area contributed by atoms with Crippen LogP contribution in [0.1, 0.15) is 56.9 Å². The number of imide groups is 1. The molecule has 1 aliphatic carbocycles. The van der Waals surface area contributed by atoms with E-state index in [2.05, 4.69) is 14.8 Å². The monoisotopic (exact) mass is 643 g/mol. The number of nitrogens with zero attached hydrogens (tertiary/aromatic N) is 5. The van der Waals surface area contributed by atoms with Crippen molar-refractivity contribution < 1.29 is 38.2 Å². The van der Waals surface area contributed by atoms with Crippen LogP contribution in [0.15, 0.2) is 48.7 Å². The van der Waals surface area contributed by atoms with Crippen molar-refractivity contribution in [2.45, 2.75) is 38.0 Å². The van der Waals surface area contributed by atoms with Crippen molar-refractivity contribution in [3.63, 3.8) is 0 Å². The highest BCUT2D eigenvalue weighted by Gasteiger charge is 2.44. The van der Waals surface area contributed by atoms with Gasteiger partial charge in [-0.05, 0) is 48.6 Å². The minimum Gasteiger partial charge on any atom is -0.449 e. The van der Waals surface area contributed by atoms with Crippen LogP contribution in [0.25, 0.3) is 10.1 Å². The van der Waals surface area contributed by atoms with Gasteiger partial charge in [0, 0.05) is 24.6 Å². The number of carbonyl (C=O) groups is 6. The average molecular weight is 644 g/mol. The van der Waals surface area contributed by atoms with Gasteiger partial charge in [-0.15, -0.1) is 0 Å². The number of nitrogens with one attached hydrogen (secondary N) is 1. The van der Waals surface area contributed by atoms with E-state index in [0.29, 0.717) is 11.9 Å². The molecular weight excluding hydrogens is 618 g/mol. The fourth-order valence-corrected chi connectivity index (χ4v) is 6.50. The lowest BCUT2D eigenvalue weighted by Crippen LogP contribution is -2.56. The molecule has 46 heavy (non-hydrogen) atoms. The number of carbonyl (C=O) groups excluding carboxylic acids is 6. The number of esters is 1. The van der Waals surface area contributed by atoms with Gasteiger partial charge in [0.25, 0.3) is 29.5 Å². The second-order valence-corrected chi connectivity index (χ2v) is 11.7. The van der Waals surface area contributed by atoms with Crippen LogP contribution in [0.4, 0.5) is 17.3 Å². The lowest BCUT2D eigenvalue weighted by Gasteiger charge is -2.34. The van der Waals surface area contributed by atoms with Gasteiger partial charge in [0.05, 0.1) is 46.3 Å². The number of ether oxygens (including phenoxy) is 2. The normalized spacial score (nSPS) is 18.5. The highest BCUT2D eigenvalue weighted by Crippen LogP contribution is 2.39. The summed E-state index contributed by atoms with van der Waals surface area (Å²) in [5.41, 5.74) is 5.95. The number of anilines is 3. The minimum atomic E-state index is -1.73. The molecule has 0 bridgehead atoms. The summed E-state index contributed by atoms with van der Waals surface area (Å²) in [5, 5.41) is 7.30. The molecule has 1 saturated carbocycles. The summed E-state index contributed by atoms with van der Waals surface area (Å²) in [6.07, 6.45) is 0.542. The molecule has 234 valence electrons. The molecule has 3 aliphatic rings. The Morgan fingerprint density at radius 2 is 1.78 bits per heavy atom. The molecule has 16 heteroatoms. The molecule has 2 aromatic carbocycles. The zero-order valence-electron chi connectivity index (χ0n) is 24.2. The molecule has 5 amide bonds. The second-order valence-electron chi connectivity index (χ2n) is 10.9. The van der Waals surface area contributed by atoms with E-state index < -0.39 is 47.7 Å². The van der Waals surface area contributed by atoms with Crippen molar-refractivity contribution in [3.8, 4) is 0 Å². The number of hydrogen-bond donors (Lipinski definition) is 2. The Labute approximate surface area is 264 Å². The zero-order chi connectivity index (χ0) is 32.3. The van der Waals surface area contributed by atoms with E-state index in [1.54, 1.807) is 29.1 Å². The number of nitrogens with two attached hydrogens (primary N) is 1. The van der Waals surface area contributed by atoms with Crippen molar-refractivity contribution in [1.29, 1.82) is 0 Å². The summed E-state index contributed by atoms with van der Waals surface area (Å²) < 4.78 is 17.2. The van der Waals surface area contributed by atoms with Gasteiger partial charge in [-0.1, -0.05) is 12.1 Å². The molecule has 2 atom stereocenters. The van der Waals surface area contributed by atoms with E-state index in [1.165, 1.54) is 29.2 Å². The van der Waals surface area contributed by atoms with Crippen LogP contribution in [0.2, 0.25) is 0 Å². The first-order valence-electron chi connectivity index (χ1n) is 14.3. The Kier molecular flexibility index (Phi) is 7.09. The van der Waals surface area contributed by atoms with Gasteiger partial charge in [-0.25, -0.2) is 4.90 Å². The van der Waals surface area contributed by atoms with E-state index in [-0.39, 0.29) is 51.4 Å². The summed E-state index contributed by atoms with van der Waals surface area (Å²) in [6.45, 7) is 1.30. The summed E-state index contributed by atoms with van der Waals surface area (Å²) in [5.74, 6) is -4.11.